The van der Waals surface area contributed by atoms with Crippen molar-refractivity contribution in [3.8, 4) is 33.4 Å². The second-order valence-electron chi connectivity index (χ2n) is 13.5. The molecule has 11 rings (SSSR count). The molecule has 224 valence electrons. The van der Waals surface area contributed by atoms with Crippen LogP contribution >= 0.6 is 0 Å². The lowest BCUT2D eigenvalue weighted by molar-refractivity contribution is 0.647. The third-order valence-corrected chi connectivity index (χ3v) is 10.7. The van der Waals surface area contributed by atoms with Crippen molar-refractivity contribution in [2.24, 2.45) is 0 Å². The maximum absolute atomic E-state index is 9.09. The first-order valence-corrected chi connectivity index (χ1v) is 16.3. The van der Waals surface area contributed by atoms with Gasteiger partial charge in [-0.1, -0.05) is 141 Å². The molecule has 0 bridgehead atoms. The Kier molecular flexibility index (Phi) is 3.86. The fraction of sp³-hybridized carbons (Fsp3) is 0.0638. The zero-order valence-electron chi connectivity index (χ0n) is 33.2. The van der Waals surface area contributed by atoms with Crippen LogP contribution in [0.2, 0.25) is 0 Å². The first kappa shape index (κ1) is 20.3. The molecular weight excluding hydrogens is 581 g/mol. The van der Waals surface area contributed by atoms with Crippen molar-refractivity contribution in [1.29, 1.82) is 0 Å². The lowest BCUT2D eigenvalue weighted by Gasteiger charge is -2.21. The molecule has 0 spiro atoms. The van der Waals surface area contributed by atoms with Gasteiger partial charge in [-0.15, -0.1) is 0 Å². The highest BCUT2D eigenvalue weighted by Gasteiger charge is 2.36. The second kappa shape index (κ2) is 9.12. The van der Waals surface area contributed by atoms with E-state index in [2.05, 4.69) is 86.6 Å². The Morgan fingerprint density at radius 2 is 1.12 bits per heavy atom. The molecule has 1 aliphatic rings. The molecule has 0 atom stereocenters. The minimum absolute atomic E-state index is 0.0480. The molecule has 0 radical (unpaired) electrons. The van der Waals surface area contributed by atoms with Gasteiger partial charge >= 0.3 is 0 Å². The normalized spacial score (nSPS) is 15.8. The van der Waals surface area contributed by atoms with E-state index >= 15 is 0 Å². The average molecular weight is 618 g/mol. The summed E-state index contributed by atoms with van der Waals surface area (Å²) in [5.74, 6) is 0. The minimum atomic E-state index is -0.463. The number of benzene rings is 9. The maximum Gasteiger partial charge on any atom is 0.136 e. The molecular formula is C47H30O. The molecule has 1 heterocycles. The van der Waals surface area contributed by atoms with Gasteiger partial charge in [0.15, 0.2) is 0 Å². The van der Waals surface area contributed by atoms with Crippen LogP contribution in [0.5, 0.6) is 0 Å². The first-order valence-electron chi connectivity index (χ1n) is 19.8. The van der Waals surface area contributed by atoms with Crippen LogP contribution in [-0.2, 0) is 5.41 Å². The molecule has 0 aliphatic heterocycles. The fourth-order valence-electron chi connectivity index (χ4n) is 8.51. The Morgan fingerprint density at radius 1 is 0.438 bits per heavy atom. The number of rotatable bonds is 2. The summed E-state index contributed by atoms with van der Waals surface area (Å²) in [6.07, 6.45) is 0. The van der Waals surface area contributed by atoms with E-state index in [0.29, 0.717) is 5.56 Å². The van der Waals surface area contributed by atoms with E-state index in [1.54, 1.807) is 0 Å². The van der Waals surface area contributed by atoms with E-state index in [1.165, 1.54) is 22.3 Å². The van der Waals surface area contributed by atoms with Crippen molar-refractivity contribution in [2.75, 3.05) is 0 Å². The van der Waals surface area contributed by atoms with E-state index in [1.807, 2.05) is 30.3 Å². The second-order valence-corrected chi connectivity index (χ2v) is 13.5. The third kappa shape index (κ3) is 3.31. The number of fused-ring (bicyclic) bond motifs is 7. The summed E-state index contributed by atoms with van der Waals surface area (Å²) in [6, 6.07) is 33.3. The summed E-state index contributed by atoms with van der Waals surface area (Å²) in [4.78, 5) is 0. The molecule has 0 fully saturated rings. The van der Waals surface area contributed by atoms with Crippen LogP contribution in [0.4, 0.5) is 0 Å². The van der Waals surface area contributed by atoms with Crippen molar-refractivity contribution in [3.05, 3.63) is 157 Å². The molecule has 1 nitrogen and oxygen atoms in total. The van der Waals surface area contributed by atoms with Gasteiger partial charge in [0, 0.05) is 16.2 Å². The summed E-state index contributed by atoms with van der Waals surface area (Å²) in [7, 11) is 0. The Morgan fingerprint density at radius 3 is 1.94 bits per heavy atom. The molecule has 0 amide bonds. The molecule has 1 aliphatic carbocycles. The zero-order chi connectivity index (χ0) is 37.8. The monoisotopic (exact) mass is 617 g/mol. The van der Waals surface area contributed by atoms with Gasteiger partial charge in [0.1, 0.15) is 11.2 Å². The largest absolute Gasteiger partial charge is 0.456 e. The molecule has 48 heavy (non-hydrogen) atoms. The average Bonchev–Trinajstić information content (AvgIpc) is 3.67. The lowest BCUT2D eigenvalue weighted by Crippen LogP contribution is -2.14. The fourth-order valence-corrected chi connectivity index (χ4v) is 8.51. The van der Waals surface area contributed by atoms with Crippen LogP contribution in [0, 0.1) is 0 Å². The van der Waals surface area contributed by atoms with E-state index in [0.717, 1.165) is 65.4 Å². The van der Waals surface area contributed by atoms with E-state index < -0.39 is 12.1 Å². The van der Waals surface area contributed by atoms with Crippen LogP contribution in [0.25, 0.3) is 98.4 Å². The van der Waals surface area contributed by atoms with Crippen molar-refractivity contribution in [2.45, 2.75) is 19.3 Å². The summed E-state index contributed by atoms with van der Waals surface area (Å²) in [6.45, 7) is 4.55. The van der Waals surface area contributed by atoms with Crippen LogP contribution in [0.15, 0.2) is 150 Å². The summed E-state index contributed by atoms with van der Waals surface area (Å²) < 4.78 is 67.4. The molecule has 0 unspecified atom stereocenters. The van der Waals surface area contributed by atoms with Gasteiger partial charge in [0.2, 0.25) is 0 Å². The Hall–Kier alpha value is -5.92. The van der Waals surface area contributed by atoms with E-state index in [9.17, 15) is 0 Å². The van der Waals surface area contributed by atoms with Gasteiger partial charge in [-0.2, -0.15) is 0 Å². The standard InChI is InChI=1S/C47H30O/c1-47(2)40-15-6-5-12-34(40)38-25-39-43(26-41(38)47)48-42-16-8-14-35(46(39)42)33-22-18-29-19-23-36-32(21-17-28-20-24-37(33)45(29)44(28)36)31-13-7-10-27-9-3-4-11-30(27)31/h3-26H,1-2H3/i3D,4D,7D,9D,10D,11D,13D. The number of furan rings is 1. The Labute approximate surface area is 287 Å². The van der Waals surface area contributed by atoms with Crippen molar-refractivity contribution >= 4 is 65.0 Å². The van der Waals surface area contributed by atoms with Crippen molar-refractivity contribution in [1.82, 2.24) is 0 Å². The summed E-state index contributed by atoms with van der Waals surface area (Å²) >= 11 is 0. The topological polar surface area (TPSA) is 13.1 Å². The molecule has 1 aromatic heterocycles. The summed E-state index contributed by atoms with van der Waals surface area (Å²) in [5.41, 5.74) is 9.50. The van der Waals surface area contributed by atoms with Gasteiger partial charge in [-0.05, 0) is 106 Å². The highest BCUT2D eigenvalue weighted by Crippen LogP contribution is 2.52. The van der Waals surface area contributed by atoms with Gasteiger partial charge in [0.25, 0.3) is 0 Å². The zero-order valence-corrected chi connectivity index (χ0v) is 26.2. The molecule has 0 saturated heterocycles. The van der Waals surface area contributed by atoms with E-state index in [-0.39, 0.29) is 52.0 Å². The van der Waals surface area contributed by atoms with Gasteiger partial charge < -0.3 is 4.42 Å². The molecule has 9 aromatic carbocycles. The molecule has 1 heteroatoms. The van der Waals surface area contributed by atoms with Crippen molar-refractivity contribution < 1.29 is 14.0 Å². The summed E-state index contributed by atoms with van der Waals surface area (Å²) in [5, 5.41) is 8.02. The number of hydrogen-bond acceptors (Lipinski definition) is 1. The number of hydrogen-bond donors (Lipinski definition) is 0. The molecule has 0 N–H and O–H groups in total. The lowest BCUT2D eigenvalue weighted by atomic mass is 9.82. The Bertz CT molecular complexity index is 3370. The van der Waals surface area contributed by atoms with Crippen molar-refractivity contribution in [3.63, 3.8) is 0 Å². The quantitative estimate of drug-likeness (QED) is 0.176. The minimum Gasteiger partial charge on any atom is -0.456 e. The molecule has 0 saturated carbocycles. The van der Waals surface area contributed by atoms with Crippen LogP contribution in [0.3, 0.4) is 0 Å². The van der Waals surface area contributed by atoms with Gasteiger partial charge in [-0.3, -0.25) is 0 Å². The van der Waals surface area contributed by atoms with E-state index in [4.69, 9.17) is 14.0 Å². The predicted molar refractivity (Wildman–Crippen MR) is 203 cm³/mol. The molecule has 10 aromatic rings. The van der Waals surface area contributed by atoms with Gasteiger partial charge in [-0.25, -0.2) is 0 Å². The highest BCUT2D eigenvalue weighted by atomic mass is 16.3. The van der Waals surface area contributed by atoms with Crippen LogP contribution < -0.4 is 0 Å². The van der Waals surface area contributed by atoms with Crippen LogP contribution in [0.1, 0.15) is 34.6 Å². The highest BCUT2D eigenvalue weighted by molar-refractivity contribution is 6.29. The first-order chi connectivity index (χ1) is 26.5. The van der Waals surface area contributed by atoms with Crippen LogP contribution in [-0.4, -0.2) is 0 Å². The SMILES string of the molecule is [2H]c1c([2H])c([2H])c2c(-c3ccc4ccc5c(-c6cccc7oc8cc9c(cc8c67)-c6ccccc6C9(C)C)ccc6ccc3c4c65)c([2H])c([2H])c([2H])c2c1[2H]. The smallest absolute Gasteiger partial charge is 0.136 e. The predicted octanol–water partition coefficient (Wildman–Crippen LogP) is 13.3. The maximum atomic E-state index is 9.09. The van der Waals surface area contributed by atoms with Gasteiger partial charge in [0.05, 0.1) is 9.60 Å². The Balaban J connectivity index is 1.21. The third-order valence-electron chi connectivity index (χ3n) is 10.7.